The predicted octanol–water partition coefficient (Wildman–Crippen LogP) is 1.73. The van der Waals surface area contributed by atoms with Gasteiger partial charge in [0.1, 0.15) is 0 Å². The summed E-state index contributed by atoms with van der Waals surface area (Å²) in [5.41, 5.74) is 3.94. The van der Waals surface area contributed by atoms with Gasteiger partial charge in [-0.3, -0.25) is 0 Å². The van der Waals surface area contributed by atoms with Gasteiger partial charge in [0.15, 0.2) is 0 Å². The molecule has 2 rings (SSSR count). The molecule has 0 fully saturated rings. The van der Waals surface area contributed by atoms with Crippen molar-refractivity contribution >= 4 is 28.3 Å². The number of aryl methyl sites for hydroxylation is 2. The first-order valence-corrected chi connectivity index (χ1v) is 11.6. The Labute approximate surface area is 162 Å². The molecule has 0 aliphatic carbocycles. The Morgan fingerprint density at radius 2 is 1.88 bits per heavy atom. The normalized spacial score (nSPS) is 13.1. The van der Waals surface area contributed by atoms with Crippen LogP contribution in [0.4, 0.5) is 0 Å². The summed E-state index contributed by atoms with van der Waals surface area (Å²) < 4.78 is 15.6. The third-order valence-electron chi connectivity index (χ3n) is 3.39. The average molecular weight is 476 g/mol. The summed E-state index contributed by atoms with van der Waals surface area (Å²) in [5.74, 6) is 0. The molecular formula is C18H21ClIN2OS-. The van der Waals surface area contributed by atoms with E-state index in [0.717, 1.165) is 31.7 Å². The van der Waals surface area contributed by atoms with Crippen molar-refractivity contribution in [1.29, 1.82) is 0 Å². The molecule has 0 saturated carbocycles. The fourth-order valence-corrected chi connectivity index (χ4v) is 6.55. The van der Waals surface area contributed by atoms with Crippen LogP contribution >= 0.6 is 11.6 Å². The van der Waals surface area contributed by atoms with E-state index in [9.17, 15) is 4.21 Å². The molecule has 0 saturated heterocycles. The zero-order chi connectivity index (χ0) is 17.7. The van der Waals surface area contributed by atoms with Crippen LogP contribution in [0.3, 0.4) is 0 Å². The van der Waals surface area contributed by atoms with Gasteiger partial charge in [-0.1, -0.05) is 0 Å². The van der Waals surface area contributed by atoms with Crippen LogP contribution in [0.25, 0.3) is 0 Å². The molecule has 0 amide bonds. The van der Waals surface area contributed by atoms with E-state index in [1.54, 1.807) is 2.63 Å². The monoisotopic (exact) mass is 475 g/mol. The van der Waals surface area contributed by atoms with Gasteiger partial charge < -0.3 is 0 Å². The summed E-state index contributed by atoms with van der Waals surface area (Å²) in [5, 5.41) is 5.34. The van der Waals surface area contributed by atoms with E-state index in [4.69, 9.17) is 11.6 Å². The van der Waals surface area contributed by atoms with E-state index >= 15 is 0 Å². The maximum absolute atomic E-state index is 12.9. The van der Waals surface area contributed by atoms with Crippen molar-refractivity contribution in [2.75, 3.05) is 4.43 Å². The second kappa shape index (κ2) is 8.97. The number of halogens is 2. The quantitative estimate of drug-likeness (QED) is 0.206. The first-order chi connectivity index (χ1) is 11.4. The predicted molar refractivity (Wildman–Crippen MR) is 98.4 cm³/mol. The minimum atomic E-state index is -1.29. The zero-order valence-corrected chi connectivity index (χ0v) is 17.9. The summed E-state index contributed by atoms with van der Waals surface area (Å²) >= 11 is 5.88. The molecule has 3 nitrogen and oxygen atoms in total. The van der Waals surface area contributed by atoms with E-state index in [2.05, 4.69) is 12.0 Å². The Balaban J connectivity index is 2.36. The Hall–Kier alpha value is -0.920. The zero-order valence-electron chi connectivity index (χ0n) is 14.2. The first kappa shape index (κ1) is 19.4. The van der Waals surface area contributed by atoms with Crippen molar-refractivity contribution in [2.24, 2.45) is 5.10 Å². The van der Waals surface area contributed by atoms with Crippen LogP contribution in [0.5, 0.6) is 0 Å². The molecule has 2 aromatic carbocycles. The van der Waals surface area contributed by atoms with Crippen LogP contribution < -0.4 is 21.5 Å². The Morgan fingerprint density at radius 3 is 2.46 bits per heavy atom. The minimum absolute atomic E-state index is 0.455. The SMILES string of the molecule is CC[I-]N(/N=C(/C)c1c(C)cccc1Cl)S(=O)c1ccc(C)cc1. The fraction of sp³-hybridized carbons (Fsp3) is 0.278. The maximum atomic E-state index is 12.9. The summed E-state index contributed by atoms with van der Waals surface area (Å²) in [7, 11) is -1.29. The number of hydrogen-bond donors (Lipinski definition) is 0. The number of hydrogen-bond acceptors (Lipinski definition) is 2. The molecule has 6 heteroatoms. The second-order valence-electron chi connectivity index (χ2n) is 5.29. The van der Waals surface area contributed by atoms with Gasteiger partial charge >= 0.3 is 163 Å². The fourth-order valence-electron chi connectivity index (χ4n) is 2.21. The molecule has 0 bridgehead atoms. The van der Waals surface area contributed by atoms with E-state index in [1.165, 1.54) is 0 Å². The summed E-state index contributed by atoms with van der Waals surface area (Å²) in [6, 6.07) is 13.6. The molecule has 24 heavy (non-hydrogen) atoms. The van der Waals surface area contributed by atoms with Crippen LogP contribution in [0.2, 0.25) is 5.02 Å². The third-order valence-corrected chi connectivity index (χ3v) is 7.95. The van der Waals surface area contributed by atoms with Crippen LogP contribution in [0.15, 0.2) is 52.5 Å². The number of benzene rings is 2. The van der Waals surface area contributed by atoms with Gasteiger partial charge in [-0.25, -0.2) is 0 Å². The number of nitrogens with zero attached hydrogens (tertiary/aromatic N) is 2. The second-order valence-corrected chi connectivity index (χ2v) is 10.8. The van der Waals surface area contributed by atoms with E-state index < -0.39 is 32.5 Å². The number of hydrazone groups is 1. The average Bonchev–Trinajstić information content (AvgIpc) is 2.54. The van der Waals surface area contributed by atoms with Crippen molar-refractivity contribution in [3.8, 4) is 0 Å². The van der Waals surface area contributed by atoms with Crippen molar-refractivity contribution in [2.45, 2.75) is 32.6 Å². The summed E-state index contributed by atoms with van der Waals surface area (Å²) in [6.07, 6.45) is 0. The summed E-state index contributed by atoms with van der Waals surface area (Å²) in [4.78, 5) is 0.779. The molecule has 1 atom stereocenters. The van der Waals surface area contributed by atoms with Crippen LogP contribution in [-0.2, 0) is 11.0 Å². The van der Waals surface area contributed by atoms with Crippen molar-refractivity contribution in [1.82, 2.24) is 2.63 Å². The molecule has 0 aliphatic heterocycles. The summed E-state index contributed by atoms with van der Waals surface area (Å²) in [6.45, 7) is 8.05. The third kappa shape index (κ3) is 4.80. The number of rotatable bonds is 6. The van der Waals surface area contributed by atoms with Gasteiger partial charge in [-0.2, -0.15) is 0 Å². The van der Waals surface area contributed by atoms with Gasteiger partial charge in [0.2, 0.25) is 0 Å². The van der Waals surface area contributed by atoms with Crippen molar-refractivity contribution in [3.05, 3.63) is 64.2 Å². The first-order valence-electron chi connectivity index (χ1n) is 7.62. The Bertz CT molecular complexity index is 742. The van der Waals surface area contributed by atoms with Crippen molar-refractivity contribution in [3.63, 3.8) is 0 Å². The Morgan fingerprint density at radius 1 is 1.21 bits per heavy atom. The van der Waals surface area contributed by atoms with E-state index in [0.29, 0.717) is 5.02 Å². The molecule has 0 aliphatic rings. The van der Waals surface area contributed by atoms with Crippen LogP contribution in [-0.4, -0.2) is 17.0 Å². The molecule has 130 valence electrons. The van der Waals surface area contributed by atoms with Gasteiger partial charge in [0.25, 0.3) is 0 Å². The molecule has 0 aromatic heterocycles. The molecule has 0 heterocycles. The number of alkyl halides is 1. The van der Waals surface area contributed by atoms with E-state index in [1.807, 2.05) is 63.2 Å². The molecule has 0 spiro atoms. The van der Waals surface area contributed by atoms with Gasteiger partial charge in [0, 0.05) is 0 Å². The molecule has 0 radical (unpaired) electrons. The van der Waals surface area contributed by atoms with Gasteiger partial charge in [-0.05, 0) is 0 Å². The van der Waals surface area contributed by atoms with Crippen molar-refractivity contribution < 1.29 is 25.7 Å². The standard InChI is InChI=1S/C18H21ClIN2OS/c1-5-20-22(24(23)16-11-9-13(2)10-12-16)21-15(4)18-14(3)7-6-8-17(18)19/h6-12H,5H2,1-4H3/q-1/b21-15-. The van der Waals surface area contributed by atoms with Gasteiger partial charge in [-0.15, -0.1) is 0 Å². The Kier molecular flexibility index (Phi) is 7.25. The molecule has 2 aromatic rings. The molecule has 0 N–H and O–H groups in total. The topological polar surface area (TPSA) is 32.7 Å². The van der Waals surface area contributed by atoms with Gasteiger partial charge in [0.05, 0.1) is 0 Å². The van der Waals surface area contributed by atoms with Crippen LogP contribution in [0, 0.1) is 13.8 Å². The molecule has 1 unspecified atom stereocenters. The molecular weight excluding hydrogens is 455 g/mol. The van der Waals surface area contributed by atoms with E-state index in [-0.39, 0.29) is 0 Å². The van der Waals surface area contributed by atoms with Crippen LogP contribution in [0.1, 0.15) is 30.5 Å².